The van der Waals surface area contributed by atoms with E-state index in [1.807, 2.05) is 6.07 Å². The first-order chi connectivity index (χ1) is 8.80. The van der Waals surface area contributed by atoms with Crippen LogP contribution < -0.4 is 10.1 Å². The smallest absolute Gasteiger partial charge is 0.123 e. The van der Waals surface area contributed by atoms with Crippen LogP contribution in [0.1, 0.15) is 47.1 Å². The van der Waals surface area contributed by atoms with E-state index in [4.69, 9.17) is 4.74 Å². The normalized spacial score (nSPS) is 13.6. The number of hydrogen-bond donors (Lipinski definition) is 1. The molecule has 0 aliphatic heterocycles. The Labute approximate surface area is 118 Å². The molecule has 0 radical (unpaired) electrons. The van der Waals surface area contributed by atoms with E-state index in [1.54, 1.807) is 0 Å². The number of rotatable bonds is 6. The highest BCUT2D eigenvalue weighted by molar-refractivity contribution is 5.38. The van der Waals surface area contributed by atoms with Gasteiger partial charge in [-0.2, -0.15) is 0 Å². The molecule has 1 atom stereocenters. The SMILES string of the molecule is CC(CNC(C)C)COc1ccccc1C(C)(C)C. The van der Waals surface area contributed by atoms with Crippen LogP contribution in [0.25, 0.3) is 0 Å². The van der Waals surface area contributed by atoms with Gasteiger partial charge in [-0.3, -0.25) is 0 Å². The summed E-state index contributed by atoms with van der Waals surface area (Å²) in [6.07, 6.45) is 0. The van der Waals surface area contributed by atoms with Crippen LogP contribution in [0.4, 0.5) is 0 Å². The van der Waals surface area contributed by atoms with Gasteiger partial charge in [0, 0.05) is 18.5 Å². The number of nitrogens with one attached hydrogen (secondary N) is 1. The van der Waals surface area contributed by atoms with Crippen molar-refractivity contribution in [2.45, 2.75) is 53.0 Å². The number of benzene rings is 1. The van der Waals surface area contributed by atoms with Gasteiger partial charge in [0.15, 0.2) is 0 Å². The Hall–Kier alpha value is -1.02. The van der Waals surface area contributed by atoms with Crippen LogP contribution in [0.5, 0.6) is 5.75 Å². The maximum Gasteiger partial charge on any atom is 0.123 e. The molecule has 108 valence electrons. The largest absolute Gasteiger partial charge is 0.493 e. The van der Waals surface area contributed by atoms with Crippen molar-refractivity contribution < 1.29 is 4.74 Å². The molecular formula is C17H29NO. The van der Waals surface area contributed by atoms with Crippen LogP contribution in [0, 0.1) is 5.92 Å². The molecule has 2 nitrogen and oxygen atoms in total. The monoisotopic (exact) mass is 263 g/mol. The lowest BCUT2D eigenvalue weighted by atomic mass is 9.86. The first-order valence-corrected chi connectivity index (χ1v) is 7.26. The Morgan fingerprint density at radius 1 is 1.11 bits per heavy atom. The fourth-order valence-electron chi connectivity index (χ4n) is 1.94. The van der Waals surface area contributed by atoms with E-state index in [-0.39, 0.29) is 5.41 Å². The third-order valence-electron chi connectivity index (χ3n) is 3.09. The van der Waals surface area contributed by atoms with Crippen LogP contribution in [0.3, 0.4) is 0 Å². The summed E-state index contributed by atoms with van der Waals surface area (Å²) in [5.41, 5.74) is 1.40. The average Bonchev–Trinajstić information content (AvgIpc) is 2.33. The molecule has 1 unspecified atom stereocenters. The van der Waals surface area contributed by atoms with Gasteiger partial charge in [0.25, 0.3) is 0 Å². The molecule has 0 fully saturated rings. The third kappa shape index (κ3) is 5.65. The van der Waals surface area contributed by atoms with Crippen molar-refractivity contribution >= 4 is 0 Å². The Morgan fingerprint density at radius 3 is 2.32 bits per heavy atom. The van der Waals surface area contributed by atoms with Gasteiger partial charge in [0.05, 0.1) is 6.61 Å². The van der Waals surface area contributed by atoms with Gasteiger partial charge in [-0.05, 0) is 17.0 Å². The minimum atomic E-state index is 0.121. The fraction of sp³-hybridized carbons (Fsp3) is 0.647. The molecule has 0 saturated carbocycles. The summed E-state index contributed by atoms with van der Waals surface area (Å²) in [4.78, 5) is 0. The second-order valence-corrected chi connectivity index (χ2v) is 6.73. The summed E-state index contributed by atoms with van der Waals surface area (Å²) in [5.74, 6) is 1.53. The molecule has 0 aliphatic carbocycles. The van der Waals surface area contributed by atoms with Crippen LogP contribution in [0.15, 0.2) is 24.3 Å². The first kappa shape index (κ1) is 16.0. The molecule has 1 rings (SSSR count). The first-order valence-electron chi connectivity index (χ1n) is 7.26. The summed E-state index contributed by atoms with van der Waals surface area (Å²) in [6, 6.07) is 8.89. The summed E-state index contributed by atoms with van der Waals surface area (Å²) < 4.78 is 6.02. The summed E-state index contributed by atoms with van der Waals surface area (Å²) >= 11 is 0. The minimum Gasteiger partial charge on any atom is -0.493 e. The second kappa shape index (κ2) is 6.95. The molecule has 1 aromatic carbocycles. The molecule has 19 heavy (non-hydrogen) atoms. The van der Waals surface area contributed by atoms with Gasteiger partial charge in [0.1, 0.15) is 5.75 Å². The number of hydrogen-bond acceptors (Lipinski definition) is 2. The Balaban J connectivity index is 2.58. The Bertz CT molecular complexity index is 379. The zero-order valence-electron chi connectivity index (χ0n) is 13.3. The molecule has 0 bridgehead atoms. The molecule has 0 spiro atoms. The molecule has 0 heterocycles. The van der Waals surface area contributed by atoms with E-state index >= 15 is 0 Å². The van der Waals surface area contributed by atoms with Crippen molar-refractivity contribution in [3.05, 3.63) is 29.8 Å². The Kier molecular flexibility index (Phi) is 5.86. The Morgan fingerprint density at radius 2 is 1.74 bits per heavy atom. The average molecular weight is 263 g/mol. The van der Waals surface area contributed by atoms with Crippen LogP contribution in [-0.2, 0) is 5.41 Å². The van der Waals surface area contributed by atoms with Crippen molar-refractivity contribution in [2.75, 3.05) is 13.2 Å². The third-order valence-corrected chi connectivity index (χ3v) is 3.09. The molecule has 1 N–H and O–H groups in total. The highest BCUT2D eigenvalue weighted by Gasteiger charge is 2.18. The highest BCUT2D eigenvalue weighted by Crippen LogP contribution is 2.31. The van der Waals surface area contributed by atoms with Crippen molar-refractivity contribution in [3.63, 3.8) is 0 Å². The number of para-hydroxylation sites is 1. The molecule has 0 amide bonds. The topological polar surface area (TPSA) is 21.3 Å². The maximum absolute atomic E-state index is 6.02. The lowest BCUT2D eigenvalue weighted by Gasteiger charge is -2.24. The summed E-state index contributed by atoms with van der Waals surface area (Å²) in [6.45, 7) is 15.0. The molecule has 0 saturated heterocycles. The quantitative estimate of drug-likeness (QED) is 0.837. The van der Waals surface area contributed by atoms with Gasteiger partial charge in [0.2, 0.25) is 0 Å². The van der Waals surface area contributed by atoms with Crippen LogP contribution >= 0.6 is 0 Å². The van der Waals surface area contributed by atoms with Crippen molar-refractivity contribution in [2.24, 2.45) is 5.92 Å². The molecule has 0 aliphatic rings. The highest BCUT2D eigenvalue weighted by atomic mass is 16.5. The zero-order chi connectivity index (χ0) is 14.5. The van der Waals surface area contributed by atoms with Crippen molar-refractivity contribution in [3.8, 4) is 5.75 Å². The molecule has 0 aromatic heterocycles. The predicted octanol–water partition coefficient (Wildman–Crippen LogP) is 4.00. The van der Waals surface area contributed by atoms with E-state index in [2.05, 4.69) is 65.1 Å². The van der Waals surface area contributed by atoms with E-state index in [0.717, 1.165) is 18.9 Å². The van der Waals surface area contributed by atoms with Gasteiger partial charge < -0.3 is 10.1 Å². The number of ether oxygens (including phenoxy) is 1. The summed E-state index contributed by atoms with van der Waals surface area (Å²) in [7, 11) is 0. The minimum absolute atomic E-state index is 0.121. The maximum atomic E-state index is 6.02. The van der Waals surface area contributed by atoms with Crippen LogP contribution in [0.2, 0.25) is 0 Å². The summed E-state index contributed by atoms with van der Waals surface area (Å²) in [5, 5.41) is 3.45. The van der Waals surface area contributed by atoms with Gasteiger partial charge >= 0.3 is 0 Å². The second-order valence-electron chi connectivity index (χ2n) is 6.73. The lowest BCUT2D eigenvalue weighted by molar-refractivity contribution is 0.248. The van der Waals surface area contributed by atoms with E-state index in [9.17, 15) is 0 Å². The van der Waals surface area contributed by atoms with Gasteiger partial charge in [-0.15, -0.1) is 0 Å². The van der Waals surface area contributed by atoms with Gasteiger partial charge in [-0.25, -0.2) is 0 Å². The van der Waals surface area contributed by atoms with E-state index in [1.165, 1.54) is 5.56 Å². The standard InChI is InChI=1S/C17H29NO/c1-13(2)18-11-14(3)12-19-16-10-8-7-9-15(16)17(4,5)6/h7-10,13-14,18H,11-12H2,1-6H3. The van der Waals surface area contributed by atoms with Crippen molar-refractivity contribution in [1.29, 1.82) is 0 Å². The lowest BCUT2D eigenvalue weighted by Crippen LogP contribution is -2.30. The fourth-order valence-corrected chi connectivity index (χ4v) is 1.94. The zero-order valence-corrected chi connectivity index (χ0v) is 13.3. The van der Waals surface area contributed by atoms with E-state index in [0.29, 0.717) is 12.0 Å². The van der Waals surface area contributed by atoms with Crippen molar-refractivity contribution in [1.82, 2.24) is 5.32 Å². The molecule has 2 heteroatoms. The predicted molar refractivity (Wildman–Crippen MR) is 82.9 cm³/mol. The van der Waals surface area contributed by atoms with E-state index < -0.39 is 0 Å². The van der Waals surface area contributed by atoms with Gasteiger partial charge in [-0.1, -0.05) is 59.7 Å². The molecular weight excluding hydrogens is 234 g/mol. The molecule has 1 aromatic rings. The van der Waals surface area contributed by atoms with Crippen LogP contribution in [-0.4, -0.2) is 19.2 Å².